The maximum absolute atomic E-state index is 11.6. The van der Waals surface area contributed by atoms with E-state index < -0.39 is 0 Å². The normalized spacial score (nSPS) is 27.4. The van der Waals surface area contributed by atoms with E-state index in [1.54, 1.807) is 0 Å². The molecule has 1 aliphatic heterocycles. The highest BCUT2D eigenvalue weighted by atomic mass is 16.5. The lowest BCUT2D eigenvalue weighted by Gasteiger charge is -2.21. The van der Waals surface area contributed by atoms with Crippen molar-refractivity contribution in [1.29, 1.82) is 0 Å². The zero-order valence-electron chi connectivity index (χ0n) is 10.5. The predicted molar refractivity (Wildman–Crippen MR) is 69.2 cm³/mol. The molecule has 1 N–H and O–H groups in total. The Kier molecular flexibility index (Phi) is 3.33. The van der Waals surface area contributed by atoms with Crippen molar-refractivity contribution in [3.63, 3.8) is 0 Å². The van der Waals surface area contributed by atoms with Crippen LogP contribution in [0.5, 0.6) is 0 Å². The smallest absolute Gasteiger partial charge is 0.323 e. The minimum Gasteiger partial charge on any atom is -0.464 e. The van der Waals surface area contributed by atoms with E-state index in [0.29, 0.717) is 12.6 Å². The number of ether oxygens (including phenoxy) is 1. The van der Waals surface area contributed by atoms with E-state index in [1.165, 1.54) is 24.0 Å². The molecule has 1 heterocycles. The van der Waals surface area contributed by atoms with Crippen LogP contribution in [0, 0.1) is 0 Å². The van der Waals surface area contributed by atoms with Crippen LogP contribution in [0.4, 0.5) is 0 Å². The lowest BCUT2D eigenvalue weighted by Crippen LogP contribution is -2.36. The minimum absolute atomic E-state index is 0.0864. The molecule has 2 unspecified atom stereocenters. The van der Waals surface area contributed by atoms with Crippen LogP contribution >= 0.6 is 0 Å². The molecule has 3 nitrogen and oxygen atoms in total. The van der Waals surface area contributed by atoms with Crippen LogP contribution in [-0.4, -0.2) is 18.6 Å². The number of esters is 1. The number of rotatable bonds is 2. The van der Waals surface area contributed by atoms with Gasteiger partial charge in [-0.3, -0.25) is 10.1 Å². The standard InChI is InChI=1S/C15H19NO2/c17-15-14(9-10-18-15)16-13-8-4-2-6-11-5-1-3-7-12(11)13/h1,3,5,7,13-14,16H,2,4,6,8-10H2. The molecular formula is C15H19NO2. The first-order valence-electron chi connectivity index (χ1n) is 6.85. The highest BCUT2D eigenvalue weighted by Crippen LogP contribution is 2.29. The Balaban J connectivity index is 1.81. The Morgan fingerprint density at radius 1 is 1.11 bits per heavy atom. The third-order valence-corrected chi connectivity index (χ3v) is 3.96. The molecule has 1 aromatic rings. The van der Waals surface area contributed by atoms with Crippen molar-refractivity contribution < 1.29 is 9.53 Å². The minimum atomic E-state index is -0.110. The predicted octanol–water partition coefficient (Wildman–Crippen LogP) is 2.36. The van der Waals surface area contributed by atoms with Gasteiger partial charge in [-0.2, -0.15) is 0 Å². The maximum Gasteiger partial charge on any atom is 0.323 e. The Labute approximate surface area is 108 Å². The van der Waals surface area contributed by atoms with E-state index in [4.69, 9.17) is 4.74 Å². The third kappa shape index (κ3) is 2.27. The number of benzene rings is 1. The molecule has 0 spiro atoms. The van der Waals surface area contributed by atoms with Gasteiger partial charge in [-0.25, -0.2) is 0 Å². The molecule has 1 aromatic carbocycles. The van der Waals surface area contributed by atoms with Crippen molar-refractivity contribution in [2.24, 2.45) is 0 Å². The highest BCUT2D eigenvalue weighted by Gasteiger charge is 2.30. The van der Waals surface area contributed by atoms with Crippen LogP contribution in [0.15, 0.2) is 24.3 Å². The summed E-state index contributed by atoms with van der Waals surface area (Å²) in [5.41, 5.74) is 2.80. The molecule has 0 bridgehead atoms. The van der Waals surface area contributed by atoms with E-state index in [1.807, 2.05) is 0 Å². The molecule has 0 saturated carbocycles. The van der Waals surface area contributed by atoms with Crippen molar-refractivity contribution >= 4 is 5.97 Å². The molecule has 2 aliphatic rings. The van der Waals surface area contributed by atoms with Gasteiger partial charge in [-0.15, -0.1) is 0 Å². The second kappa shape index (κ2) is 5.11. The summed E-state index contributed by atoms with van der Waals surface area (Å²) >= 11 is 0. The van der Waals surface area contributed by atoms with Gasteiger partial charge >= 0.3 is 5.97 Å². The average molecular weight is 245 g/mol. The molecule has 1 fully saturated rings. The SMILES string of the molecule is O=C1OCCC1NC1CCCCc2ccccc21. The van der Waals surface area contributed by atoms with Crippen LogP contribution in [0.3, 0.4) is 0 Å². The maximum atomic E-state index is 11.6. The topological polar surface area (TPSA) is 38.3 Å². The van der Waals surface area contributed by atoms with E-state index in [0.717, 1.165) is 19.3 Å². The van der Waals surface area contributed by atoms with Gasteiger partial charge in [0.2, 0.25) is 0 Å². The monoisotopic (exact) mass is 245 g/mol. The molecule has 96 valence electrons. The Hall–Kier alpha value is -1.35. The number of hydrogen-bond acceptors (Lipinski definition) is 3. The van der Waals surface area contributed by atoms with Crippen LogP contribution in [-0.2, 0) is 16.0 Å². The average Bonchev–Trinajstić information content (AvgIpc) is 2.68. The zero-order chi connectivity index (χ0) is 12.4. The summed E-state index contributed by atoms with van der Waals surface area (Å²) in [6.45, 7) is 0.560. The van der Waals surface area contributed by atoms with Gasteiger partial charge in [-0.05, 0) is 30.4 Å². The fourth-order valence-corrected chi connectivity index (χ4v) is 2.98. The van der Waals surface area contributed by atoms with Crippen LogP contribution < -0.4 is 5.32 Å². The van der Waals surface area contributed by atoms with Crippen molar-refractivity contribution in [1.82, 2.24) is 5.32 Å². The number of hydrogen-bond donors (Lipinski definition) is 1. The van der Waals surface area contributed by atoms with Gasteiger partial charge in [0.25, 0.3) is 0 Å². The lowest BCUT2D eigenvalue weighted by molar-refractivity contribution is -0.139. The van der Waals surface area contributed by atoms with Crippen molar-refractivity contribution in [2.45, 2.75) is 44.2 Å². The highest BCUT2D eigenvalue weighted by molar-refractivity contribution is 5.77. The van der Waals surface area contributed by atoms with E-state index in [9.17, 15) is 4.79 Å². The number of carbonyl (C=O) groups excluding carboxylic acids is 1. The van der Waals surface area contributed by atoms with Gasteiger partial charge in [0, 0.05) is 12.5 Å². The Morgan fingerprint density at radius 3 is 2.83 bits per heavy atom. The largest absolute Gasteiger partial charge is 0.464 e. The number of fused-ring (bicyclic) bond motifs is 1. The Bertz CT molecular complexity index is 444. The second-order valence-electron chi connectivity index (χ2n) is 5.17. The number of cyclic esters (lactones) is 1. The summed E-state index contributed by atoms with van der Waals surface area (Å²) in [4.78, 5) is 11.6. The van der Waals surface area contributed by atoms with E-state index in [-0.39, 0.29) is 12.0 Å². The quantitative estimate of drug-likeness (QED) is 0.642. The molecular weight excluding hydrogens is 226 g/mol. The third-order valence-electron chi connectivity index (χ3n) is 3.96. The summed E-state index contributed by atoms with van der Waals surface area (Å²) in [5, 5.41) is 3.49. The summed E-state index contributed by atoms with van der Waals surface area (Å²) in [7, 11) is 0. The number of aryl methyl sites for hydroxylation is 1. The molecule has 0 aromatic heterocycles. The Morgan fingerprint density at radius 2 is 2.00 bits per heavy atom. The molecule has 1 aliphatic carbocycles. The molecule has 3 heteroatoms. The summed E-state index contributed by atoms with van der Waals surface area (Å²) in [5.74, 6) is -0.0864. The van der Waals surface area contributed by atoms with Crippen molar-refractivity contribution in [3.8, 4) is 0 Å². The lowest BCUT2D eigenvalue weighted by atomic mass is 9.98. The molecule has 0 radical (unpaired) electrons. The first-order valence-corrected chi connectivity index (χ1v) is 6.85. The molecule has 0 amide bonds. The fourth-order valence-electron chi connectivity index (χ4n) is 2.98. The first kappa shape index (κ1) is 11.7. The summed E-state index contributed by atoms with van der Waals surface area (Å²) in [6.07, 6.45) is 5.53. The van der Waals surface area contributed by atoms with E-state index >= 15 is 0 Å². The summed E-state index contributed by atoms with van der Waals surface area (Å²) in [6, 6.07) is 8.79. The molecule has 3 rings (SSSR count). The number of carbonyl (C=O) groups is 1. The van der Waals surface area contributed by atoms with Gasteiger partial charge in [-0.1, -0.05) is 30.7 Å². The van der Waals surface area contributed by atoms with Crippen molar-refractivity contribution in [2.75, 3.05) is 6.61 Å². The molecule has 2 atom stereocenters. The van der Waals surface area contributed by atoms with E-state index in [2.05, 4.69) is 29.6 Å². The van der Waals surface area contributed by atoms with Crippen molar-refractivity contribution in [3.05, 3.63) is 35.4 Å². The van der Waals surface area contributed by atoms with Gasteiger partial charge < -0.3 is 4.74 Å². The second-order valence-corrected chi connectivity index (χ2v) is 5.17. The van der Waals surface area contributed by atoms with Gasteiger partial charge in [0.05, 0.1) is 6.61 Å². The molecule has 1 saturated heterocycles. The zero-order valence-corrected chi connectivity index (χ0v) is 10.5. The van der Waals surface area contributed by atoms with Crippen LogP contribution in [0.25, 0.3) is 0 Å². The molecule has 18 heavy (non-hydrogen) atoms. The fraction of sp³-hybridized carbons (Fsp3) is 0.533. The van der Waals surface area contributed by atoms with Crippen LogP contribution in [0.2, 0.25) is 0 Å². The number of nitrogens with one attached hydrogen (secondary N) is 1. The summed E-state index contributed by atoms with van der Waals surface area (Å²) < 4.78 is 5.02. The van der Waals surface area contributed by atoms with Gasteiger partial charge in [0.1, 0.15) is 6.04 Å². The van der Waals surface area contributed by atoms with Gasteiger partial charge in [0.15, 0.2) is 0 Å². The first-order chi connectivity index (χ1) is 8.84. The van der Waals surface area contributed by atoms with Crippen LogP contribution in [0.1, 0.15) is 42.9 Å².